The number of aliphatic hydroxyl groups excluding tert-OH is 1. The molecule has 7 heteroatoms. The zero-order valence-corrected chi connectivity index (χ0v) is 14.2. The summed E-state index contributed by atoms with van der Waals surface area (Å²) < 4.78 is 13.6. The second-order valence-electron chi connectivity index (χ2n) is 7.15. The van der Waals surface area contributed by atoms with Gasteiger partial charge in [-0.05, 0) is 24.1 Å². The van der Waals surface area contributed by atoms with E-state index in [1.165, 1.54) is 6.07 Å². The molecule has 2 aliphatic rings. The largest absolute Gasteiger partial charge is 0.481 e. The van der Waals surface area contributed by atoms with Gasteiger partial charge in [-0.15, -0.1) is 0 Å². The number of rotatable bonds is 5. The van der Waals surface area contributed by atoms with Crippen LogP contribution in [0.1, 0.15) is 11.1 Å². The molecule has 6 nitrogen and oxygen atoms in total. The highest BCUT2D eigenvalue weighted by molar-refractivity contribution is 5.83. The van der Waals surface area contributed by atoms with Crippen molar-refractivity contribution >= 4 is 11.9 Å². The number of hydrogen-bond acceptors (Lipinski definition) is 4. The van der Waals surface area contributed by atoms with E-state index in [0.717, 1.165) is 0 Å². The van der Waals surface area contributed by atoms with Gasteiger partial charge in [0.15, 0.2) is 0 Å². The average Bonchev–Trinajstić information content (AvgIpc) is 3.06. The van der Waals surface area contributed by atoms with Crippen LogP contribution in [0.3, 0.4) is 0 Å². The minimum atomic E-state index is -0.969. The van der Waals surface area contributed by atoms with Crippen molar-refractivity contribution < 1.29 is 24.2 Å². The molecule has 0 unspecified atom stereocenters. The molecular weight excluding hydrogens is 327 g/mol. The Morgan fingerprint density at radius 3 is 2.68 bits per heavy atom. The summed E-state index contributed by atoms with van der Waals surface area (Å²) in [5.41, 5.74) is 0.153. The molecular formula is C18H23FN2O4. The van der Waals surface area contributed by atoms with Crippen molar-refractivity contribution in [3.05, 3.63) is 35.1 Å². The van der Waals surface area contributed by atoms with Crippen molar-refractivity contribution in [1.82, 2.24) is 9.80 Å². The van der Waals surface area contributed by atoms with Crippen molar-refractivity contribution in [3.63, 3.8) is 0 Å². The zero-order chi connectivity index (χ0) is 18.2. The molecule has 1 amide bonds. The van der Waals surface area contributed by atoms with Gasteiger partial charge in [0, 0.05) is 38.6 Å². The summed E-state index contributed by atoms with van der Waals surface area (Å²) in [6.07, 6.45) is 0.0694. The number of carbonyl (C=O) groups is 2. The summed E-state index contributed by atoms with van der Waals surface area (Å²) in [4.78, 5) is 28.0. The van der Waals surface area contributed by atoms with Gasteiger partial charge in [-0.1, -0.05) is 12.1 Å². The van der Waals surface area contributed by atoms with Gasteiger partial charge in [-0.25, -0.2) is 4.39 Å². The van der Waals surface area contributed by atoms with Crippen molar-refractivity contribution in [3.8, 4) is 0 Å². The Balaban J connectivity index is 1.70. The molecule has 0 spiro atoms. The van der Waals surface area contributed by atoms with Crippen molar-refractivity contribution in [1.29, 1.82) is 0 Å². The van der Waals surface area contributed by atoms with E-state index in [2.05, 4.69) is 0 Å². The highest BCUT2D eigenvalue weighted by atomic mass is 19.1. The Morgan fingerprint density at radius 1 is 1.32 bits per heavy atom. The lowest BCUT2D eigenvalue weighted by atomic mass is 9.81. The number of aliphatic carboxylic acids is 1. The molecule has 25 heavy (non-hydrogen) atoms. The molecule has 2 N–H and O–H groups in total. The van der Waals surface area contributed by atoms with Crippen LogP contribution in [-0.2, 0) is 16.0 Å². The molecule has 0 bridgehead atoms. The van der Waals surface area contributed by atoms with Crippen molar-refractivity contribution in [2.24, 2.45) is 11.3 Å². The van der Waals surface area contributed by atoms with E-state index in [9.17, 15) is 19.1 Å². The summed E-state index contributed by atoms with van der Waals surface area (Å²) in [6.45, 7) is 3.57. The predicted molar refractivity (Wildman–Crippen MR) is 88.5 cm³/mol. The minimum Gasteiger partial charge on any atom is -0.481 e. The standard InChI is InChI=1S/C18H23FN2O4/c1-12-2-3-13(6-15(12)19)7-16(23)21-9-14-8-20(4-5-22)10-18(14,11-21)17(24)25/h2-3,6,14,22H,4-5,7-11H2,1H3,(H,24,25)/t14-,18-/m1/s1. The third-order valence-electron chi connectivity index (χ3n) is 5.47. The first-order valence-electron chi connectivity index (χ1n) is 8.45. The molecule has 0 saturated carbocycles. The van der Waals surface area contributed by atoms with E-state index in [-0.39, 0.29) is 37.2 Å². The van der Waals surface area contributed by atoms with Gasteiger partial charge in [0.2, 0.25) is 5.91 Å². The van der Waals surface area contributed by atoms with Crippen LogP contribution in [0.4, 0.5) is 4.39 Å². The van der Waals surface area contributed by atoms with Gasteiger partial charge in [-0.3, -0.25) is 14.5 Å². The topological polar surface area (TPSA) is 81.1 Å². The van der Waals surface area contributed by atoms with Crippen LogP contribution in [0.15, 0.2) is 18.2 Å². The first-order chi connectivity index (χ1) is 11.9. The number of β-amino-alcohol motifs (C(OH)–C–C–N with tert-alkyl or cyclic N) is 1. The Labute approximate surface area is 145 Å². The molecule has 2 fully saturated rings. The molecule has 2 saturated heterocycles. The van der Waals surface area contributed by atoms with Gasteiger partial charge in [0.25, 0.3) is 0 Å². The molecule has 2 heterocycles. The Morgan fingerprint density at radius 2 is 2.08 bits per heavy atom. The van der Waals surface area contributed by atoms with Crippen LogP contribution in [0.5, 0.6) is 0 Å². The van der Waals surface area contributed by atoms with E-state index in [4.69, 9.17) is 5.11 Å². The van der Waals surface area contributed by atoms with Gasteiger partial charge in [-0.2, -0.15) is 0 Å². The van der Waals surface area contributed by atoms with Gasteiger partial charge >= 0.3 is 5.97 Å². The number of halogens is 1. The summed E-state index contributed by atoms with van der Waals surface area (Å²) in [7, 11) is 0. The first kappa shape index (κ1) is 17.8. The van der Waals surface area contributed by atoms with Crippen LogP contribution in [0.25, 0.3) is 0 Å². The lowest BCUT2D eigenvalue weighted by Gasteiger charge is -2.25. The van der Waals surface area contributed by atoms with Crippen molar-refractivity contribution in [2.45, 2.75) is 13.3 Å². The maximum absolute atomic E-state index is 13.6. The van der Waals surface area contributed by atoms with E-state index in [1.54, 1.807) is 24.0 Å². The monoisotopic (exact) mass is 350 g/mol. The number of aryl methyl sites for hydroxylation is 1. The third-order valence-corrected chi connectivity index (χ3v) is 5.47. The Bertz CT molecular complexity index is 696. The number of hydrogen-bond donors (Lipinski definition) is 2. The molecule has 1 aromatic carbocycles. The summed E-state index contributed by atoms with van der Waals surface area (Å²) in [6, 6.07) is 4.73. The molecule has 2 atom stereocenters. The van der Waals surface area contributed by atoms with E-state index in [0.29, 0.717) is 37.3 Å². The maximum atomic E-state index is 13.6. The summed E-state index contributed by atoms with van der Waals surface area (Å²) in [5.74, 6) is -1.55. The predicted octanol–water partition coefficient (Wildman–Crippen LogP) is 0.514. The van der Waals surface area contributed by atoms with Gasteiger partial charge in [0.1, 0.15) is 11.2 Å². The highest BCUT2D eigenvalue weighted by Gasteiger charge is 2.58. The van der Waals surface area contributed by atoms with E-state index < -0.39 is 11.4 Å². The van der Waals surface area contributed by atoms with Crippen LogP contribution in [0, 0.1) is 24.1 Å². The summed E-state index contributed by atoms with van der Waals surface area (Å²) in [5, 5.41) is 18.8. The van der Waals surface area contributed by atoms with Crippen LogP contribution in [0.2, 0.25) is 0 Å². The number of fused-ring (bicyclic) bond motifs is 1. The second-order valence-corrected chi connectivity index (χ2v) is 7.15. The normalized spacial score (nSPS) is 26.0. The lowest BCUT2D eigenvalue weighted by molar-refractivity contribution is -0.149. The maximum Gasteiger partial charge on any atom is 0.313 e. The number of benzene rings is 1. The lowest BCUT2D eigenvalue weighted by Crippen LogP contribution is -2.42. The van der Waals surface area contributed by atoms with E-state index >= 15 is 0 Å². The smallest absolute Gasteiger partial charge is 0.313 e. The Hall–Kier alpha value is -1.99. The molecule has 3 rings (SSSR count). The number of carboxylic acid groups (broad SMARTS) is 1. The minimum absolute atomic E-state index is 0.00987. The van der Waals surface area contributed by atoms with Crippen LogP contribution < -0.4 is 0 Å². The SMILES string of the molecule is Cc1ccc(CC(=O)N2C[C@H]3CN(CCO)C[C@@]3(C(=O)O)C2)cc1F. The average molecular weight is 350 g/mol. The number of amides is 1. The van der Waals surface area contributed by atoms with Gasteiger partial charge in [0.05, 0.1) is 13.0 Å². The number of carboxylic acids is 1. The number of likely N-dealkylation sites (tertiary alicyclic amines) is 2. The molecule has 0 radical (unpaired) electrons. The zero-order valence-electron chi connectivity index (χ0n) is 14.2. The molecule has 2 aliphatic heterocycles. The van der Waals surface area contributed by atoms with Crippen LogP contribution >= 0.6 is 0 Å². The van der Waals surface area contributed by atoms with Crippen LogP contribution in [-0.4, -0.2) is 71.2 Å². The number of carbonyl (C=O) groups excluding carboxylic acids is 1. The Kier molecular flexibility index (Phi) is 4.79. The third kappa shape index (κ3) is 3.26. The fraction of sp³-hybridized carbons (Fsp3) is 0.556. The van der Waals surface area contributed by atoms with Gasteiger partial charge < -0.3 is 15.1 Å². The molecule has 0 aromatic heterocycles. The quantitative estimate of drug-likeness (QED) is 0.809. The molecule has 1 aromatic rings. The number of nitrogens with zero attached hydrogens (tertiary/aromatic N) is 2. The fourth-order valence-electron chi connectivity index (χ4n) is 4.01. The van der Waals surface area contributed by atoms with E-state index in [1.807, 2.05) is 4.90 Å². The number of aliphatic hydroxyl groups is 1. The fourth-order valence-corrected chi connectivity index (χ4v) is 4.01. The summed E-state index contributed by atoms with van der Waals surface area (Å²) >= 11 is 0. The van der Waals surface area contributed by atoms with Crippen molar-refractivity contribution in [2.75, 3.05) is 39.3 Å². The highest BCUT2D eigenvalue weighted by Crippen LogP contribution is 2.42. The second kappa shape index (κ2) is 6.72. The molecule has 0 aliphatic carbocycles. The first-order valence-corrected chi connectivity index (χ1v) is 8.45. The molecule has 136 valence electrons.